The van der Waals surface area contributed by atoms with Crippen LogP contribution < -0.4 is 5.73 Å². The highest BCUT2D eigenvalue weighted by molar-refractivity contribution is 5.21. The Morgan fingerprint density at radius 1 is 1.53 bits per heavy atom. The molecule has 15 heavy (non-hydrogen) atoms. The molecule has 2 heterocycles. The third-order valence-corrected chi connectivity index (χ3v) is 3.17. The average molecular weight is 208 g/mol. The maximum atomic E-state index is 6.02. The molecule has 0 amide bonds. The van der Waals surface area contributed by atoms with Gasteiger partial charge < -0.3 is 15.5 Å². The smallest absolute Gasteiger partial charge is 0.0600 e. The summed E-state index contributed by atoms with van der Waals surface area (Å²) < 4.78 is 5.37. The van der Waals surface area contributed by atoms with E-state index in [-0.39, 0.29) is 11.0 Å². The standard InChI is InChI=1S/C12H20N2O/c1-11(2,13)5-6-12(8-15-9-12)10-4-3-7-14-10/h3-4,7,14H,5-6,8-9,13H2,1-2H3. The van der Waals surface area contributed by atoms with Gasteiger partial charge in [-0.25, -0.2) is 0 Å². The lowest BCUT2D eigenvalue weighted by molar-refractivity contribution is -0.0688. The maximum Gasteiger partial charge on any atom is 0.0600 e. The molecule has 1 saturated heterocycles. The lowest BCUT2D eigenvalue weighted by Crippen LogP contribution is -2.48. The van der Waals surface area contributed by atoms with Crippen molar-refractivity contribution < 1.29 is 4.74 Å². The Morgan fingerprint density at radius 3 is 2.67 bits per heavy atom. The molecule has 1 aromatic heterocycles. The SMILES string of the molecule is CC(C)(N)CCC1(c2ccc[nH]2)COC1. The monoisotopic (exact) mass is 208 g/mol. The van der Waals surface area contributed by atoms with Crippen molar-refractivity contribution >= 4 is 0 Å². The summed E-state index contributed by atoms with van der Waals surface area (Å²) in [5, 5.41) is 0. The Balaban J connectivity index is 2.04. The first-order valence-corrected chi connectivity index (χ1v) is 5.52. The third kappa shape index (κ3) is 2.24. The molecule has 0 unspecified atom stereocenters. The highest BCUT2D eigenvalue weighted by Crippen LogP contribution is 2.37. The zero-order valence-corrected chi connectivity index (χ0v) is 9.55. The van der Waals surface area contributed by atoms with Gasteiger partial charge in [0.05, 0.1) is 18.6 Å². The Kier molecular flexibility index (Phi) is 2.61. The first kappa shape index (κ1) is 10.7. The number of nitrogens with one attached hydrogen (secondary N) is 1. The predicted octanol–water partition coefficient (Wildman–Crippen LogP) is 1.80. The van der Waals surface area contributed by atoms with E-state index in [9.17, 15) is 0 Å². The van der Waals surface area contributed by atoms with Gasteiger partial charge in [-0.05, 0) is 38.8 Å². The summed E-state index contributed by atoms with van der Waals surface area (Å²) in [6, 6.07) is 4.19. The van der Waals surface area contributed by atoms with E-state index in [1.807, 2.05) is 12.3 Å². The fourth-order valence-electron chi connectivity index (χ4n) is 2.00. The van der Waals surface area contributed by atoms with Gasteiger partial charge >= 0.3 is 0 Å². The molecule has 0 aliphatic carbocycles. The number of rotatable bonds is 4. The summed E-state index contributed by atoms with van der Waals surface area (Å²) >= 11 is 0. The second-order valence-electron chi connectivity index (χ2n) is 5.35. The molecule has 1 aliphatic rings. The normalized spacial score (nSPS) is 19.9. The lowest BCUT2D eigenvalue weighted by Gasteiger charge is -2.42. The largest absolute Gasteiger partial charge is 0.379 e. The highest BCUT2D eigenvalue weighted by atomic mass is 16.5. The van der Waals surface area contributed by atoms with Gasteiger partial charge in [0, 0.05) is 17.4 Å². The van der Waals surface area contributed by atoms with Gasteiger partial charge in [0.25, 0.3) is 0 Å². The van der Waals surface area contributed by atoms with Crippen LogP contribution in [0.5, 0.6) is 0 Å². The first-order chi connectivity index (χ1) is 7.02. The second-order valence-corrected chi connectivity index (χ2v) is 5.35. The molecule has 0 saturated carbocycles. The Hall–Kier alpha value is -0.800. The molecule has 3 heteroatoms. The van der Waals surface area contributed by atoms with E-state index < -0.39 is 0 Å². The van der Waals surface area contributed by atoms with Gasteiger partial charge in [-0.2, -0.15) is 0 Å². The summed E-state index contributed by atoms with van der Waals surface area (Å²) in [5.41, 5.74) is 7.42. The summed E-state index contributed by atoms with van der Waals surface area (Å²) in [4.78, 5) is 3.30. The van der Waals surface area contributed by atoms with E-state index in [1.165, 1.54) is 5.69 Å². The molecule has 1 fully saturated rings. The summed E-state index contributed by atoms with van der Waals surface area (Å²) in [6.45, 7) is 5.80. The number of aromatic nitrogens is 1. The van der Waals surface area contributed by atoms with Crippen molar-refractivity contribution in [2.75, 3.05) is 13.2 Å². The van der Waals surface area contributed by atoms with Crippen LogP contribution in [-0.4, -0.2) is 23.7 Å². The Bertz CT molecular complexity index is 307. The number of aromatic amines is 1. The third-order valence-electron chi connectivity index (χ3n) is 3.17. The van der Waals surface area contributed by atoms with Gasteiger partial charge in [0.15, 0.2) is 0 Å². The van der Waals surface area contributed by atoms with Crippen molar-refractivity contribution in [2.24, 2.45) is 5.73 Å². The zero-order valence-electron chi connectivity index (χ0n) is 9.55. The summed E-state index contributed by atoms with van der Waals surface area (Å²) in [6.07, 6.45) is 4.09. The topological polar surface area (TPSA) is 51.0 Å². The minimum atomic E-state index is -0.0881. The highest BCUT2D eigenvalue weighted by Gasteiger charge is 2.41. The second kappa shape index (κ2) is 3.65. The van der Waals surface area contributed by atoms with Gasteiger partial charge in [-0.15, -0.1) is 0 Å². The Labute approximate surface area is 91.0 Å². The minimum absolute atomic E-state index is 0.0881. The molecule has 0 aromatic carbocycles. The van der Waals surface area contributed by atoms with Crippen molar-refractivity contribution in [1.82, 2.24) is 4.98 Å². The van der Waals surface area contributed by atoms with E-state index in [0.29, 0.717) is 0 Å². The molecule has 1 aliphatic heterocycles. The molecular formula is C12H20N2O. The molecule has 3 nitrogen and oxygen atoms in total. The van der Waals surface area contributed by atoms with Crippen LogP contribution in [-0.2, 0) is 10.2 Å². The lowest BCUT2D eigenvalue weighted by atomic mass is 9.76. The predicted molar refractivity (Wildman–Crippen MR) is 60.8 cm³/mol. The van der Waals surface area contributed by atoms with Crippen molar-refractivity contribution in [3.05, 3.63) is 24.0 Å². The molecule has 0 bridgehead atoms. The first-order valence-electron chi connectivity index (χ1n) is 5.52. The van der Waals surface area contributed by atoms with E-state index in [1.54, 1.807) is 0 Å². The molecule has 84 valence electrons. The quantitative estimate of drug-likeness (QED) is 0.792. The number of nitrogens with two attached hydrogens (primary N) is 1. The maximum absolute atomic E-state index is 6.02. The van der Waals surface area contributed by atoms with E-state index in [0.717, 1.165) is 26.1 Å². The van der Waals surface area contributed by atoms with Crippen LogP contribution in [0.25, 0.3) is 0 Å². The van der Waals surface area contributed by atoms with Gasteiger partial charge in [0.1, 0.15) is 0 Å². The van der Waals surface area contributed by atoms with Crippen LogP contribution in [0.15, 0.2) is 18.3 Å². The molecule has 0 radical (unpaired) electrons. The van der Waals surface area contributed by atoms with Crippen molar-refractivity contribution in [3.63, 3.8) is 0 Å². The molecule has 0 spiro atoms. The van der Waals surface area contributed by atoms with Crippen molar-refractivity contribution in [2.45, 2.75) is 37.6 Å². The van der Waals surface area contributed by atoms with Crippen LogP contribution in [0.2, 0.25) is 0 Å². The van der Waals surface area contributed by atoms with Crippen molar-refractivity contribution in [3.8, 4) is 0 Å². The van der Waals surface area contributed by atoms with E-state index in [4.69, 9.17) is 10.5 Å². The van der Waals surface area contributed by atoms with Gasteiger partial charge in [-0.3, -0.25) is 0 Å². The average Bonchev–Trinajstić information content (AvgIpc) is 2.53. The van der Waals surface area contributed by atoms with Crippen LogP contribution in [0.1, 0.15) is 32.4 Å². The van der Waals surface area contributed by atoms with Crippen molar-refractivity contribution in [1.29, 1.82) is 0 Å². The van der Waals surface area contributed by atoms with Gasteiger partial charge in [0.2, 0.25) is 0 Å². The van der Waals surface area contributed by atoms with Crippen LogP contribution in [0, 0.1) is 0 Å². The van der Waals surface area contributed by atoms with E-state index >= 15 is 0 Å². The molecule has 3 N–H and O–H groups in total. The minimum Gasteiger partial charge on any atom is -0.379 e. The number of hydrogen-bond donors (Lipinski definition) is 2. The van der Waals surface area contributed by atoms with Crippen LogP contribution >= 0.6 is 0 Å². The Morgan fingerprint density at radius 2 is 2.27 bits per heavy atom. The zero-order chi connectivity index (χ0) is 10.9. The molecule has 2 rings (SSSR count). The number of hydrogen-bond acceptors (Lipinski definition) is 2. The van der Waals surface area contributed by atoms with Crippen LogP contribution in [0.4, 0.5) is 0 Å². The summed E-state index contributed by atoms with van der Waals surface area (Å²) in [7, 11) is 0. The molecule has 1 aromatic rings. The van der Waals surface area contributed by atoms with E-state index in [2.05, 4.69) is 24.9 Å². The molecular weight excluding hydrogens is 188 g/mol. The fourth-order valence-corrected chi connectivity index (χ4v) is 2.00. The number of ether oxygens (including phenoxy) is 1. The molecule has 0 atom stereocenters. The number of H-pyrrole nitrogens is 1. The van der Waals surface area contributed by atoms with Crippen LogP contribution in [0.3, 0.4) is 0 Å². The fraction of sp³-hybridized carbons (Fsp3) is 0.667. The summed E-state index contributed by atoms with van der Waals surface area (Å²) in [5.74, 6) is 0. The van der Waals surface area contributed by atoms with Gasteiger partial charge in [-0.1, -0.05) is 0 Å².